The number of fused-ring (bicyclic) bond motifs is 1. The lowest BCUT2D eigenvalue weighted by atomic mass is 10.0. The van der Waals surface area contributed by atoms with Gasteiger partial charge < -0.3 is 9.47 Å². The number of benzene rings is 1. The van der Waals surface area contributed by atoms with E-state index in [1.807, 2.05) is 0 Å². The zero-order valence-electron chi connectivity index (χ0n) is 17.2. The van der Waals surface area contributed by atoms with Crippen LogP contribution >= 0.6 is 0 Å². The lowest BCUT2D eigenvalue weighted by Gasteiger charge is -2.13. The van der Waals surface area contributed by atoms with Crippen molar-refractivity contribution in [2.45, 2.75) is 39.6 Å². The maximum Gasteiger partial charge on any atom is 0.573 e. The lowest BCUT2D eigenvalue weighted by molar-refractivity contribution is -0.274. The Kier molecular flexibility index (Phi) is 6.10. The summed E-state index contributed by atoms with van der Waals surface area (Å²) >= 11 is 0. The molecule has 0 N–H and O–H groups in total. The van der Waals surface area contributed by atoms with Crippen LogP contribution in [0.3, 0.4) is 0 Å². The summed E-state index contributed by atoms with van der Waals surface area (Å²) in [6, 6.07) is 5.52. The van der Waals surface area contributed by atoms with Gasteiger partial charge in [-0.1, -0.05) is 12.1 Å². The quantitative estimate of drug-likeness (QED) is 0.512. The molecule has 0 aliphatic heterocycles. The van der Waals surface area contributed by atoms with E-state index in [1.54, 1.807) is 20.0 Å². The molecule has 2 aromatic rings. The van der Waals surface area contributed by atoms with Gasteiger partial charge >= 0.3 is 18.0 Å². The molecule has 10 heteroatoms. The number of nitrogens with zero attached hydrogens (tertiary/aromatic N) is 2. The van der Waals surface area contributed by atoms with Crippen molar-refractivity contribution in [2.24, 2.45) is 7.05 Å². The minimum Gasteiger partial charge on any atom is -0.466 e. The molecule has 1 aliphatic carbocycles. The number of alkyl halides is 3. The predicted molar refractivity (Wildman–Crippen MR) is 107 cm³/mol. The highest BCUT2D eigenvalue weighted by molar-refractivity contribution is 5.95. The Morgan fingerprint density at radius 2 is 1.94 bits per heavy atom. The fourth-order valence-corrected chi connectivity index (χ4v) is 3.75. The van der Waals surface area contributed by atoms with E-state index in [0.29, 0.717) is 34.4 Å². The maximum absolute atomic E-state index is 13.0. The number of carbonyl (C=O) groups is 1. The van der Waals surface area contributed by atoms with Crippen molar-refractivity contribution in [3.05, 3.63) is 61.9 Å². The van der Waals surface area contributed by atoms with E-state index in [1.165, 1.54) is 29.7 Å². The number of esters is 1. The molecule has 0 saturated heterocycles. The van der Waals surface area contributed by atoms with Gasteiger partial charge in [-0.3, -0.25) is 18.7 Å². The molecule has 0 radical (unpaired) electrons. The Labute approximate surface area is 175 Å². The van der Waals surface area contributed by atoms with Crippen molar-refractivity contribution >= 4 is 17.1 Å². The van der Waals surface area contributed by atoms with Gasteiger partial charge in [0, 0.05) is 32.5 Å². The van der Waals surface area contributed by atoms with Crippen LogP contribution in [0.25, 0.3) is 11.1 Å². The van der Waals surface area contributed by atoms with E-state index >= 15 is 0 Å². The van der Waals surface area contributed by atoms with E-state index in [9.17, 15) is 27.6 Å². The summed E-state index contributed by atoms with van der Waals surface area (Å²) in [6.07, 6.45) is -4.35. The molecule has 0 atom stereocenters. The average molecular weight is 438 g/mol. The molecule has 0 saturated carbocycles. The van der Waals surface area contributed by atoms with Crippen LogP contribution in [0.15, 0.2) is 33.9 Å². The van der Waals surface area contributed by atoms with Crippen LogP contribution < -0.4 is 16.0 Å². The van der Waals surface area contributed by atoms with E-state index in [0.717, 1.165) is 4.57 Å². The second-order valence-corrected chi connectivity index (χ2v) is 7.18. The molecule has 1 aliphatic rings. The molecular weight excluding hydrogens is 417 g/mol. The Balaban J connectivity index is 1.95. The number of halogens is 3. The van der Waals surface area contributed by atoms with Gasteiger partial charge in [-0.25, -0.2) is 4.79 Å². The van der Waals surface area contributed by atoms with E-state index < -0.39 is 23.6 Å². The molecule has 1 heterocycles. The second kappa shape index (κ2) is 8.44. The van der Waals surface area contributed by atoms with Crippen molar-refractivity contribution in [1.29, 1.82) is 0 Å². The third-order valence-electron chi connectivity index (χ3n) is 5.05. The maximum atomic E-state index is 13.0. The molecule has 0 amide bonds. The van der Waals surface area contributed by atoms with Crippen LogP contribution in [-0.4, -0.2) is 28.1 Å². The largest absolute Gasteiger partial charge is 0.573 e. The van der Waals surface area contributed by atoms with Crippen LogP contribution in [0.2, 0.25) is 0 Å². The fourth-order valence-electron chi connectivity index (χ4n) is 3.75. The van der Waals surface area contributed by atoms with Crippen molar-refractivity contribution in [3.8, 4) is 5.75 Å². The number of allylic oxidation sites excluding steroid dienone is 2. The zero-order valence-corrected chi connectivity index (χ0v) is 17.2. The van der Waals surface area contributed by atoms with Gasteiger partial charge in [0.1, 0.15) is 5.75 Å². The average Bonchev–Trinajstić information content (AvgIpc) is 3.02. The SMILES string of the molecule is CC(=O)OCCCn1c(=O)c2c(n(C)c1=O)C(C)=C(c1cccc(OC(F)(F)F)c1)C2. The molecule has 166 valence electrons. The van der Waals surface area contributed by atoms with Crippen molar-refractivity contribution in [1.82, 2.24) is 9.13 Å². The summed E-state index contributed by atoms with van der Waals surface area (Å²) in [4.78, 5) is 36.6. The van der Waals surface area contributed by atoms with Crippen molar-refractivity contribution in [2.75, 3.05) is 6.61 Å². The normalized spacial score (nSPS) is 13.4. The molecule has 0 bridgehead atoms. The third kappa shape index (κ3) is 4.73. The van der Waals surface area contributed by atoms with Crippen molar-refractivity contribution in [3.63, 3.8) is 0 Å². The first-order valence-corrected chi connectivity index (χ1v) is 9.52. The first-order chi connectivity index (χ1) is 14.5. The van der Waals surface area contributed by atoms with Crippen LogP contribution in [-0.2, 0) is 29.5 Å². The third-order valence-corrected chi connectivity index (χ3v) is 5.05. The molecule has 7 nitrogen and oxygen atoms in total. The van der Waals surface area contributed by atoms with Gasteiger partial charge in [0.05, 0.1) is 12.3 Å². The van der Waals surface area contributed by atoms with Gasteiger partial charge in [0.15, 0.2) is 0 Å². The number of ether oxygens (including phenoxy) is 2. The fraction of sp³-hybridized carbons (Fsp3) is 0.381. The van der Waals surface area contributed by atoms with Gasteiger partial charge in [0.25, 0.3) is 5.56 Å². The minimum absolute atomic E-state index is 0.0787. The molecule has 0 spiro atoms. The Hall–Kier alpha value is -3.30. The smallest absolute Gasteiger partial charge is 0.466 e. The summed E-state index contributed by atoms with van der Waals surface area (Å²) < 4.78 is 49.0. The predicted octanol–water partition coefficient (Wildman–Crippen LogP) is 2.89. The van der Waals surface area contributed by atoms with Gasteiger partial charge in [-0.15, -0.1) is 13.2 Å². The molecule has 0 fully saturated rings. The van der Waals surface area contributed by atoms with Crippen LogP contribution in [0.5, 0.6) is 5.75 Å². The molecule has 1 aromatic carbocycles. The standard InChI is InChI=1S/C21H21F3N2O5/c1-12-16(14-6-4-7-15(10-14)31-21(22,23)24)11-17-18(12)25(3)20(29)26(19(17)28)8-5-9-30-13(2)27/h4,6-7,10H,5,8-9,11H2,1-3H3. The highest BCUT2D eigenvalue weighted by Crippen LogP contribution is 2.37. The first-order valence-electron chi connectivity index (χ1n) is 9.52. The van der Waals surface area contributed by atoms with Gasteiger partial charge in [-0.2, -0.15) is 0 Å². The van der Waals surface area contributed by atoms with Gasteiger partial charge in [0.2, 0.25) is 0 Å². The van der Waals surface area contributed by atoms with Crippen molar-refractivity contribution < 1.29 is 27.4 Å². The molecule has 31 heavy (non-hydrogen) atoms. The Morgan fingerprint density at radius 1 is 1.23 bits per heavy atom. The minimum atomic E-state index is -4.82. The number of rotatable bonds is 6. The number of carbonyl (C=O) groups excluding carboxylic acids is 1. The Bertz CT molecular complexity index is 1180. The lowest BCUT2D eigenvalue weighted by Crippen LogP contribution is -2.42. The summed E-state index contributed by atoms with van der Waals surface area (Å²) in [5, 5.41) is 0. The molecule has 1 aromatic heterocycles. The second-order valence-electron chi connectivity index (χ2n) is 7.18. The summed E-state index contributed by atoms with van der Waals surface area (Å²) in [5.74, 6) is -0.812. The van der Waals surface area contributed by atoms with E-state index in [-0.39, 0.29) is 25.3 Å². The van der Waals surface area contributed by atoms with Gasteiger partial charge in [-0.05, 0) is 42.2 Å². The summed E-state index contributed by atoms with van der Waals surface area (Å²) in [5.41, 5.74) is 1.64. The van der Waals surface area contributed by atoms with E-state index in [4.69, 9.17) is 4.74 Å². The summed E-state index contributed by atoms with van der Waals surface area (Å²) in [7, 11) is 1.54. The topological polar surface area (TPSA) is 79.5 Å². The molecule has 3 rings (SSSR count). The van der Waals surface area contributed by atoms with Crippen LogP contribution in [0.1, 0.15) is 37.1 Å². The van der Waals surface area contributed by atoms with Crippen LogP contribution in [0.4, 0.5) is 13.2 Å². The zero-order chi connectivity index (χ0) is 22.9. The summed E-state index contributed by atoms with van der Waals surface area (Å²) in [6.45, 7) is 3.15. The molecule has 0 unspecified atom stereocenters. The Morgan fingerprint density at radius 3 is 2.58 bits per heavy atom. The number of aromatic nitrogens is 2. The monoisotopic (exact) mass is 438 g/mol. The molecular formula is C21H21F3N2O5. The first kappa shape index (κ1) is 22.4. The van der Waals surface area contributed by atoms with E-state index in [2.05, 4.69) is 4.74 Å². The van der Waals surface area contributed by atoms with Crippen LogP contribution in [0, 0.1) is 0 Å². The number of hydrogen-bond acceptors (Lipinski definition) is 5. The number of hydrogen-bond donors (Lipinski definition) is 0. The highest BCUT2D eigenvalue weighted by Gasteiger charge is 2.32. The highest BCUT2D eigenvalue weighted by atomic mass is 19.4.